The van der Waals surface area contributed by atoms with Crippen LogP contribution in [0.4, 0.5) is 0 Å². The third-order valence-corrected chi connectivity index (χ3v) is 4.83. The van der Waals surface area contributed by atoms with Crippen LogP contribution in [-0.4, -0.2) is 15.2 Å². The van der Waals surface area contributed by atoms with Crippen LogP contribution in [0.5, 0.6) is 11.5 Å². The Morgan fingerprint density at radius 1 is 1.21 bits per heavy atom. The highest BCUT2D eigenvalue weighted by molar-refractivity contribution is 7.89. The van der Waals surface area contributed by atoms with Gasteiger partial charge in [-0.1, -0.05) is 0 Å². The van der Waals surface area contributed by atoms with E-state index in [0.29, 0.717) is 11.5 Å². The highest BCUT2D eigenvalue weighted by Gasteiger charge is 2.19. The van der Waals surface area contributed by atoms with Crippen molar-refractivity contribution in [1.29, 1.82) is 0 Å². The molecule has 3 rings (SSSR count). The van der Waals surface area contributed by atoms with Crippen LogP contribution in [0.1, 0.15) is 5.56 Å². The third-order valence-electron chi connectivity index (χ3n) is 2.70. The lowest BCUT2D eigenvalue weighted by atomic mass is 10.3. The van der Waals surface area contributed by atoms with Gasteiger partial charge in [0.15, 0.2) is 11.5 Å². The fourth-order valence-electron chi connectivity index (χ4n) is 1.70. The van der Waals surface area contributed by atoms with Crippen molar-refractivity contribution < 1.29 is 17.9 Å². The average Bonchev–Trinajstić information content (AvgIpc) is 3.06. The van der Waals surface area contributed by atoms with Gasteiger partial charge in [0, 0.05) is 12.6 Å². The van der Waals surface area contributed by atoms with Crippen LogP contribution >= 0.6 is 11.3 Å². The third kappa shape index (κ3) is 2.58. The first-order valence-corrected chi connectivity index (χ1v) is 7.98. The van der Waals surface area contributed by atoms with Gasteiger partial charge in [0.2, 0.25) is 16.8 Å². The number of rotatable bonds is 4. The van der Waals surface area contributed by atoms with E-state index in [-0.39, 0.29) is 18.2 Å². The predicted molar refractivity (Wildman–Crippen MR) is 70.9 cm³/mol. The van der Waals surface area contributed by atoms with Crippen LogP contribution < -0.4 is 14.2 Å². The molecule has 2 heterocycles. The zero-order valence-electron chi connectivity index (χ0n) is 9.83. The van der Waals surface area contributed by atoms with Gasteiger partial charge in [-0.3, -0.25) is 0 Å². The molecule has 0 saturated carbocycles. The van der Waals surface area contributed by atoms with Crippen molar-refractivity contribution in [2.24, 2.45) is 0 Å². The van der Waals surface area contributed by atoms with Crippen molar-refractivity contribution >= 4 is 21.4 Å². The Kier molecular flexibility index (Phi) is 3.17. The summed E-state index contributed by atoms with van der Waals surface area (Å²) in [5.74, 6) is 1.02. The molecule has 1 aliphatic heterocycles. The maximum atomic E-state index is 12.1. The summed E-state index contributed by atoms with van der Waals surface area (Å²) in [5.41, 5.74) is 0.939. The summed E-state index contributed by atoms with van der Waals surface area (Å²) >= 11 is 1.53. The van der Waals surface area contributed by atoms with E-state index in [9.17, 15) is 8.42 Å². The SMILES string of the molecule is O=S(=O)(NCc1ccsc1)c1ccc2c(c1)OCO2. The first kappa shape index (κ1) is 12.5. The quantitative estimate of drug-likeness (QED) is 0.937. The van der Waals surface area contributed by atoms with Crippen LogP contribution in [0.2, 0.25) is 0 Å². The number of nitrogens with one attached hydrogen (secondary N) is 1. The van der Waals surface area contributed by atoms with Gasteiger partial charge in [-0.2, -0.15) is 11.3 Å². The minimum absolute atomic E-state index is 0.126. The Morgan fingerprint density at radius 3 is 2.84 bits per heavy atom. The summed E-state index contributed by atoms with van der Waals surface area (Å²) in [6.07, 6.45) is 0. The van der Waals surface area contributed by atoms with E-state index >= 15 is 0 Å². The summed E-state index contributed by atoms with van der Waals surface area (Å²) in [7, 11) is -3.54. The molecular weight excluding hydrogens is 286 g/mol. The number of thiophene rings is 1. The van der Waals surface area contributed by atoms with Crippen molar-refractivity contribution in [1.82, 2.24) is 4.72 Å². The van der Waals surface area contributed by atoms with Gasteiger partial charge in [0.1, 0.15) is 0 Å². The van der Waals surface area contributed by atoms with Gasteiger partial charge in [-0.25, -0.2) is 13.1 Å². The van der Waals surface area contributed by atoms with Crippen LogP contribution in [-0.2, 0) is 16.6 Å². The minimum Gasteiger partial charge on any atom is -0.454 e. The van der Waals surface area contributed by atoms with Crippen molar-refractivity contribution in [2.75, 3.05) is 6.79 Å². The highest BCUT2D eigenvalue weighted by atomic mass is 32.2. The molecule has 0 amide bonds. The van der Waals surface area contributed by atoms with Gasteiger partial charge in [0.05, 0.1) is 4.90 Å². The lowest BCUT2D eigenvalue weighted by molar-refractivity contribution is 0.174. The molecule has 7 heteroatoms. The minimum atomic E-state index is -3.54. The normalized spacial score (nSPS) is 13.7. The number of hydrogen-bond donors (Lipinski definition) is 1. The second-order valence-corrected chi connectivity index (χ2v) is 6.52. The number of fused-ring (bicyclic) bond motifs is 1. The monoisotopic (exact) mass is 297 g/mol. The number of benzene rings is 1. The van der Waals surface area contributed by atoms with Crippen LogP contribution in [0.25, 0.3) is 0 Å². The standard InChI is InChI=1S/C12H11NO4S2/c14-19(15,13-6-9-3-4-18-7-9)10-1-2-11-12(5-10)17-8-16-11/h1-5,7,13H,6,8H2. The molecule has 1 N–H and O–H groups in total. The number of hydrogen-bond acceptors (Lipinski definition) is 5. The number of ether oxygens (including phenoxy) is 2. The van der Waals surface area contributed by atoms with Gasteiger partial charge < -0.3 is 9.47 Å². The summed E-state index contributed by atoms with van der Waals surface area (Å²) in [6, 6.07) is 6.45. The smallest absolute Gasteiger partial charge is 0.241 e. The number of sulfonamides is 1. The Hall–Kier alpha value is -1.57. The summed E-state index contributed by atoms with van der Waals surface area (Å²) in [6.45, 7) is 0.404. The first-order valence-electron chi connectivity index (χ1n) is 5.55. The predicted octanol–water partition coefficient (Wildman–Crippen LogP) is 1.96. The van der Waals surface area contributed by atoms with Gasteiger partial charge in [-0.15, -0.1) is 0 Å². The van der Waals surface area contributed by atoms with E-state index in [1.807, 2.05) is 16.8 Å². The van der Waals surface area contributed by atoms with Crippen molar-refractivity contribution in [2.45, 2.75) is 11.4 Å². The molecule has 100 valence electrons. The largest absolute Gasteiger partial charge is 0.454 e. The maximum absolute atomic E-state index is 12.1. The van der Waals surface area contributed by atoms with Gasteiger partial charge in [0.25, 0.3) is 0 Å². The lowest BCUT2D eigenvalue weighted by Crippen LogP contribution is -2.22. The van der Waals surface area contributed by atoms with Crippen LogP contribution in [0.15, 0.2) is 39.9 Å². The Bertz CT molecular complexity index is 680. The molecule has 0 atom stereocenters. The summed E-state index contributed by atoms with van der Waals surface area (Å²) in [4.78, 5) is 0.173. The molecule has 1 aromatic heterocycles. The van der Waals surface area contributed by atoms with E-state index < -0.39 is 10.0 Å². The van der Waals surface area contributed by atoms with E-state index in [1.165, 1.54) is 23.5 Å². The second kappa shape index (κ2) is 4.84. The molecule has 0 bridgehead atoms. The first-order chi connectivity index (χ1) is 9.15. The molecule has 1 aliphatic rings. The molecule has 0 radical (unpaired) electrons. The fraction of sp³-hybridized carbons (Fsp3) is 0.167. The molecule has 0 saturated heterocycles. The fourth-order valence-corrected chi connectivity index (χ4v) is 3.40. The highest BCUT2D eigenvalue weighted by Crippen LogP contribution is 2.33. The zero-order chi connectivity index (χ0) is 13.3. The second-order valence-electron chi connectivity index (χ2n) is 3.97. The van der Waals surface area contributed by atoms with Crippen LogP contribution in [0.3, 0.4) is 0 Å². The topological polar surface area (TPSA) is 64.6 Å². The zero-order valence-corrected chi connectivity index (χ0v) is 11.5. The van der Waals surface area contributed by atoms with E-state index in [1.54, 1.807) is 6.07 Å². The molecular formula is C12H11NO4S2. The Morgan fingerprint density at radius 2 is 2.05 bits per heavy atom. The van der Waals surface area contributed by atoms with E-state index in [0.717, 1.165) is 5.56 Å². The Labute approximate surface area is 114 Å². The van der Waals surface area contributed by atoms with Crippen LogP contribution in [0, 0.1) is 0 Å². The molecule has 0 unspecified atom stereocenters. The molecule has 5 nitrogen and oxygen atoms in total. The van der Waals surface area contributed by atoms with Gasteiger partial charge >= 0.3 is 0 Å². The molecule has 1 aromatic carbocycles. The molecule has 0 aliphatic carbocycles. The van der Waals surface area contributed by atoms with Gasteiger partial charge in [-0.05, 0) is 34.5 Å². The molecule has 0 fully saturated rings. The van der Waals surface area contributed by atoms with E-state index in [2.05, 4.69) is 4.72 Å². The van der Waals surface area contributed by atoms with Crippen molar-refractivity contribution in [3.8, 4) is 11.5 Å². The van der Waals surface area contributed by atoms with E-state index in [4.69, 9.17) is 9.47 Å². The summed E-state index contributed by atoms with van der Waals surface area (Å²) in [5, 5.41) is 3.81. The molecule has 2 aromatic rings. The molecule has 19 heavy (non-hydrogen) atoms. The lowest BCUT2D eigenvalue weighted by Gasteiger charge is -2.06. The average molecular weight is 297 g/mol. The maximum Gasteiger partial charge on any atom is 0.241 e. The molecule has 0 spiro atoms. The summed E-state index contributed by atoms with van der Waals surface area (Å²) < 4.78 is 37.1. The van der Waals surface area contributed by atoms with Crippen molar-refractivity contribution in [3.05, 3.63) is 40.6 Å². The Balaban J connectivity index is 1.80. The van der Waals surface area contributed by atoms with Crippen molar-refractivity contribution in [3.63, 3.8) is 0 Å².